The van der Waals surface area contributed by atoms with E-state index in [1.807, 2.05) is 12.1 Å². The van der Waals surface area contributed by atoms with E-state index in [2.05, 4.69) is 20.8 Å². The van der Waals surface area contributed by atoms with E-state index < -0.39 is 6.04 Å². The molecule has 0 aliphatic heterocycles. The molecule has 1 heterocycles. The van der Waals surface area contributed by atoms with E-state index in [-0.39, 0.29) is 5.91 Å². The first kappa shape index (κ1) is 15.0. The molecule has 2 N–H and O–H groups in total. The average molecular weight is 303 g/mol. The molecule has 2 rings (SSSR count). The number of carbonyl (C=O) groups excluding carboxylic acids is 1. The van der Waals surface area contributed by atoms with Crippen LogP contribution in [0.25, 0.3) is 0 Å². The average Bonchev–Trinajstić information content (AvgIpc) is 2.50. The number of aromatic nitrogens is 1. The fourth-order valence-electron chi connectivity index (χ4n) is 1.58. The van der Waals surface area contributed by atoms with E-state index in [9.17, 15) is 4.79 Å². The highest BCUT2D eigenvalue weighted by Crippen LogP contribution is 2.14. The second-order valence-electron chi connectivity index (χ2n) is 4.39. The van der Waals surface area contributed by atoms with Crippen LogP contribution in [0, 0.1) is 0 Å². The van der Waals surface area contributed by atoms with Gasteiger partial charge in [-0.25, -0.2) is 5.43 Å². The van der Waals surface area contributed by atoms with Crippen molar-refractivity contribution in [2.24, 2.45) is 5.10 Å². The summed E-state index contributed by atoms with van der Waals surface area (Å²) in [7, 11) is 0. The standard InChI is InChI=1S/C15H15ClN4O/c1-11(19-14-4-2-13(16)3-5-14)15(21)20-18-10-12-6-8-17-9-7-12/h2-11,19H,1H3,(H,20,21)/b18-10-/t11-/m0/s1. The zero-order chi connectivity index (χ0) is 15.1. The lowest BCUT2D eigenvalue weighted by Gasteiger charge is -2.13. The maximum Gasteiger partial charge on any atom is 0.262 e. The summed E-state index contributed by atoms with van der Waals surface area (Å²) in [4.78, 5) is 15.8. The van der Waals surface area contributed by atoms with Crippen molar-refractivity contribution in [3.05, 3.63) is 59.4 Å². The summed E-state index contributed by atoms with van der Waals surface area (Å²) in [6.07, 6.45) is 4.89. The predicted molar refractivity (Wildman–Crippen MR) is 84.5 cm³/mol. The highest BCUT2D eigenvalue weighted by atomic mass is 35.5. The summed E-state index contributed by atoms with van der Waals surface area (Å²) in [6.45, 7) is 1.76. The molecular weight excluding hydrogens is 288 g/mol. The Kier molecular flexibility index (Phi) is 5.29. The van der Waals surface area contributed by atoms with Crippen LogP contribution in [0.15, 0.2) is 53.9 Å². The first-order valence-corrected chi connectivity index (χ1v) is 6.78. The second-order valence-corrected chi connectivity index (χ2v) is 4.82. The molecule has 108 valence electrons. The highest BCUT2D eigenvalue weighted by Gasteiger charge is 2.11. The van der Waals surface area contributed by atoms with Gasteiger partial charge in [-0.15, -0.1) is 0 Å². The Morgan fingerprint density at radius 1 is 1.24 bits per heavy atom. The number of pyridine rings is 1. The van der Waals surface area contributed by atoms with E-state index in [4.69, 9.17) is 11.6 Å². The van der Waals surface area contributed by atoms with Crippen molar-refractivity contribution in [1.82, 2.24) is 10.4 Å². The Morgan fingerprint density at radius 3 is 2.57 bits per heavy atom. The summed E-state index contributed by atoms with van der Waals surface area (Å²) in [5, 5.41) is 7.62. The number of anilines is 1. The van der Waals surface area contributed by atoms with Crippen LogP contribution in [-0.2, 0) is 4.79 Å². The summed E-state index contributed by atoms with van der Waals surface area (Å²) in [5.74, 6) is -0.227. The maximum atomic E-state index is 11.9. The van der Waals surface area contributed by atoms with Crippen molar-refractivity contribution in [1.29, 1.82) is 0 Å². The van der Waals surface area contributed by atoms with Crippen LogP contribution in [0.5, 0.6) is 0 Å². The molecule has 1 amide bonds. The molecule has 0 fully saturated rings. The van der Waals surface area contributed by atoms with Crippen molar-refractivity contribution in [2.45, 2.75) is 13.0 Å². The minimum atomic E-state index is -0.416. The number of carbonyl (C=O) groups is 1. The molecule has 21 heavy (non-hydrogen) atoms. The van der Waals surface area contributed by atoms with Gasteiger partial charge >= 0.3 is 0 Å². The highest BCUT2D eigenvalue weighted by molar-refractivity contribution is 6.30. The lowest BCUT2D eigenvalue weighted by atomic mass is 10.2. The molecule has 5 nitrogen and oxygen atoms in total. The minimum Gasteiger partial charge on any atom is -0.374 e. The Bertz CT molecular complexity index is 613. The molecule has 2 aromatic rings. The number of nitrogens with zero attached hydrogens (tertiary/aromatic N) is 2. The fourth-order valence-corrected chi connectivity index (χ4v) is 1.70. The Morgan fingerprint density at radius 2 is 1.90 bits per heavy atom. The number of hydrazone groups is 1. The Balaban J connectivity index is 1.85. The lowest BCUT2D eigenvalue weighted by molar-refractivity contribution is -0.121. The molecule has 1 aromatic carbocycles. The van der Waals surface area contributed by atoms with Gasteiger partial charge in [0, 0.05) is 23.1 Å². The van der Waals surface area contributed by atoms with Crippen LogP contribution in [0.3, 0.4) is 0 Å². The molecular formula is C15H15ClN4O. The topological polar surface area (TPSA) is 66.4 Å². The third kappa shape index (κ3) is 4.89. The minimum absolute atomic E-state index is 0.227. The number of amides is 1. The summed E-state index contributed by atoms with van der Waals surface area (Å²) in [5.41, 5.74) is 4.17. The quantitative estimate of drug-likeness (QED) is 0.659. The van der Waals surface area contributed by atoms with Crippen molar-refractivity contribution in [3.8, 4) is 0 Å². The number of halogens is 1. The predicted octanol–water partition coefficient (Wildman–Crippen LogP) is 2.69. The van der Waals surface area contributed by atoms with Gasteiger partial charge in [0.25, 0.3) is 5.91 Å². The van der Waals surface area contributed by atoms with Gasteiger partial charge in [-0.2, -0.15) is 5.10 Å². The zero-order valence-corrected chi connectivity index (χ0v) is 12.2. The number of hydrogen-bond donors (Lipinski definition) is 2. The molecule has 6 heteroatoms. The van der Waals surface area contributed by atoms with E-state index >= 15 is 0 Å². The third-order valence-electron chi connectivity index (χ3n) is 2.72. The number of nitrogens with one attached hydrogen (secondary N) is 2. The summed E-state index contributed by atoms with van der Waals surface area (Å²) in [6, 6.07) is 10.3. The van der Waals surface area contributed by atoms with Gasteiger partial charge in [0.1, 0.15) is 6.04 Å². The molecule has 0 saturated carbocycles. The monoisotopic (exact) mass is 302 g/mol. The molecule has 1 atom stereocenters. The van der Waals surface area contributed by atoms with Gasteiger partial charge in [-0.1, -0.05) is 11.6 Å². The number of hydrogen-bond acceptors (Lipinski definition) is 4. The molecule has 0 bridgehead atoms. The first-order chi connectivity index (χ1) is 10.1. The first-order valence-electron chi connectivity index (χ1n) is 6.40. The molecule has 1 aromatic heterocycles. The van der Waals surface area contributed by atoms with Crippen LogP contribution in [0.1, 0.15) is 12.5 Å². The van der Waals surface area contributed by atoms with E-state index in [1.165, 1.54) is 0 Å². The van der Waals surface area contributed by atoms with Gasteiger partial charge in [0.15, 0.2) is 0 Å². The second kappa shape index (κ2) is 7.40. The van der Waals surface area contributed by atoms with Crippen LogP contribution >= 0.6 is 11.6 Å². The van der Waals surface area contributed by atoms with Crippen LogP contribution < -0.4 is 10.7 Å². The van der Waals surface area contributed by atoms with Gasteiger partial charge in [-0.05, 0) is 48.9 Å². The van der Waals surface area contributed by atoms with Gasteiger partial charge in [-0.3, -0.25) is 9.78 Å². The van der Waals surface area contributed by atoms with Crippen LogP contribution in [0.2, 0.25) is 5.02 Å². The molecule has 0 saturated heterocycles. The molecule has 0 radical (unpaired) electrons. The van der Waals surface area contributed by atoms with E-state index in [0.717, 1.165) is 11.3 Å². The van der Waals surface area contributed by atoms with Crippen molar-refractivity contribution < 1.29 is 4.79 Å². The van der Waals surface area contributed by atoms with Crippen molar-refractivity contribution >= 4 is 29.4 Å². The fraction of sp³-hybridized carbons (Fsp3) is 0.133. The summed E-state index contributed by atoms with van der Waals surface area (Å²) >= 11 is 5.81. The van der Waals surface area contributed by atoms with Crippen molar-refractivity contribution in [2.75, 3.05) is 5.32 Å². The van der Waals surface area contributed by atoms with Crippen LogP contribution in [-0.4, -0.2) is 23.1 Å². The normalized spacial score (nSPS) is 12.1. The molecule has 0 spiro atoms. The molecule has 0 aliphatic rings. The molecule has 0 unspecified atom stereocenters. The van der Waals surface area contributed by atoms with Crippen molar-refractivity contribution in [3.63, 3.8) is 0 Å². The Hall–Kier alpha value is -2.40. The maximum absolute atomic E-state index is 11.9. The number of benzene rings is 1. The zero-order valence-electron chi connectivity index (χ0n) is 11.5. The summed E-state index contributed by atoms with van der Waals surface area (Å²) < 4.78 is 0. The van der Waals surface area contributed by atoms with Gasteiger partial charge in [0.05, 0.1) is 6.21 Å². The van der Waals surface area contributed by atoms with E-state index in [1.54, 1.807) is 49.8 Å². The van der Waals surface area contributed by atoms with Crippen LogP contribution in [0.4, 0.5) is 5.69 Å². The smallest absolute Gasteiger partial charge is 0.262 e. The SMILES string of the molecule is C[C@H](Nc1ccc(Cl)cc1)C(=O)N/N=C\c1ccncc1. The Labute approximate surface area is 128 Å². The molecule has 0 aliphatic carbocycles. The third-order valence-corrected chi connectivity index (χ3v) is 2.97. The number of rotatable bonds is 5. The van der Waals surface area contributed by atoms with E-state index in [0.29, 0.717) is 5.02 Å². The largest absolute Gasteiger partial charge is 0.374 e. The lowest BCUT2D eigenvalue weighted by Crippen LogP contribution is -2.34. The van der Waals surface area contributed by atoms with Gasteiger partial charge in [0.2, 0.25) is 0 Å². The van der Waals surface area contributed by atoms with Gasteiger partial charge < -0.3 is 5.32 Å².